The van der Waals surface area contributed by atoms with Crippen LogP contribution in [-0.4, -0.2) is 18.4 Å². The normalized spacial score (nSPS) is 11.7. The number of aromatic nitrogens is 2. The van der Waals surface area contributed by atoms with Crippen molar-refractivity contribution in [1.29, 1.82) is 0 Å². The first-order valence-electron chi connectivity index (χ1n) is 15.7. The van der Waals surface area contributed by atoms with Crippen molar-refractivity contribution >= 4 is 10.9 Å². The second-order valence-corrected chi connectivity index (χ2v) is 12.7. The topological polar surface area (TPSA) is 90.4 Å². The van der Waals surface area contributed by atoms with Crippen LogP contribution in [0.15, 0.2) is 152 Å². The van der Waals surface area contributed by atoms with E-state index in [1.165, 1.54) is 0 Å². The third-order valence-corrected chi connectivity index (χ3v) is 8.90. The number of hydrogen-bond acceptors (Lipinski definition) is 6. The van der Waals surface area contributed by atoms with Crippen molar-refractivity contribution in [2.24, 2.45) is 0 Å². The Morgan fingerprint density at radius 2 is 1.08 bits per heavy atom. The van der Waals surface area contributed by atoms with E-state index in [1.807, 2.05) is 30.3 Å². The third-order valence-electron chi connectivity index (χ3n) is 8.48. The summed E-state index contributed by atoms with van der Waals surface area (Å²) in [5.41, 5.74) is 4.94. The van der Waals surface area contributed by atoms with Gasteiger partial charge in [-0.15, -0.1) is 0 Å². The molecule has 0 fully saturated rings. The van der Waals surface area contributed by atoms with Gasteiger partial charge in [-0.3, -0.25) is 0 Å². The molecule has 1 N–H and O–H groups in total. The first-order chi connectivity index (χ1) is 23.3. The fourth-order valence-electron chi connectivity index (χ4n) is 5.85. The monoisotopic (exact) mass is 655 g/mol. The maximum Gasteiger partial charge on any atom is 0.201 e. The van der Waals surface area contributed by atoms with Crippen molar-refractivity contribution < 1.29 is 17.9 Å². The van der Waals surface area contributed by atoms with Crippen molar-refractivity contribution in [3.05, 3.63) is 191 Å². The Labute approximate surface area is 283 Å². The fraction of sp³-hybridized carbons (Fsp3) is 0.150. The zero-order valence-corrected chi connectivity index (χ0v) is 27.7. The molecule has 0 atom stereocenters. The van der Waals surface area contributed by atoms with Gasteiger partial charge in [0.2, 0.25) is 10.9 Å². The van der Waals surface area contributed by atoms with Gasteiger partial charge >= 0.3 is 0 Å². The third kappa shape index (κ3) is 7.30. The molecular weight excluding hydrogens is 619 g/mol. The van der Waals surface area contributed by atoms with Crippen LogP contribution in [0.5, 0.6) is 11.5 Å². The molecule has 8 heteroatoms. The van der Waals surface area contributed by atoms with Crippen LogP contribution in [0.1, 0.15) is 53.2 Å². The number of nitrogens with one attached hydrogen (secondary N) is 1. The summed E-state index contributed by atoms with van der Waals surface area (Å²) in [5.74, 6) is 1.85. The Kier molecular flexibility index (Phi) is 9.94. The number of nitrogens with zero attached hydrogens (tertiary/aromatic N) is 2. The van der Waals surface area contributed by atoms with E-state index in [0.29, 0.717) is 17.3 Å². The lowest BCUT2D eigenvalue weighted by molar-refractivity contribution is 0.155. The minimum atomic E-state index is -2.71. The molecule has 0 radical (unpaired) electrons. The zero-order valence-electron chi connectivity index (χ0n) is 26.8. The van der Waals surface area contributed by atoms with Gasteiger partial charge in [-0.25, -0.2) is 23.1 Å². The second-order valence-electron chi connectivity index (χ2n) is 11.9. The highest BCUT2D eigenvalue weighted by Gasteiger charge is 2.39. The van der Waals surface area contributed by atoms with Crippen LogP contribution in [-0.2, 0) is 35.1 Å². The summed E-state index contributed by atoms with van der Waals surface area (Å²) < 4.78 is 37.0. The molecule has 0 bridgehead atoms. The quantitative estimate of drug-likeness (QED) is 0.0998. The molecule has 242 valence electrons. The smallest absolute Gasteiger partial charge is 0.201 e. The van der Waals surface area contributed by atoms with Gasteiger partial charge < -0.3 is 9.47 Å². The van der Waals surface area contributed by atoms with E-state index >= 15 is 0 Å². The number of benzene rings is 5. The molecule has 0 aliphatic rings. The molecule has 1 aromatic heterocycles. The Morgan fingerprint density at radius 1 is 0.604 bits per heavy atom. The Bertz CT molecular complexity index is 1900. The lowest BCUT2D eigenvalue weighted by atomic mass is 9.78. The number of thiol groups is 1. The molecule has 1 heterocycles. The van der Waals surface area contributed by atoms with Crippen molar-refractivity contribution in [3.8, 4) is 11.5 Å². The van der Waals surface area contributed by atoms with Gasteiger partial charge in [-0.1, -0.05) is 129 Å². The van der Waals surface area contributed by atoms with E-state index in [0.717, 1.165) is 33.6 Å². The maximum absolute atomic E-state index is 10.8. The van der Waals surface area contributed by atoms with Crippen molar-refractivity contribution in [2.45, 2.75) is 38.0 Å². The largest absolute Gasteiger partial charge is 0.487 e. The van der Waals surface area contributed by atoms with E-state index in [9.17, 15) is 8.42 Å². The molecular formula is C40H37N3O4S. The molecule has 0 amide bonds. The van der Waals surface area contributed by atoms with Gasteiger partial charge in [-0.2, -0.15) is 0 Å². The van der Waals surface area contributed by atoms with E-state index in [2.05, 4.69) is 138 Å². The lowest BCUT2D eigenvalue weighted by Crippen LogP contribution is -2.36. The average molecular weight is 656 g/mol. The fourth-order valence-corrected chi connectivity index (χ4v) is 6.12. The Hall–Kier alpha value is -5.31. The summed E-state index contributed by atoms with van der Waals surface area (Å²) in [5, 5.41) is 0. The minimum absolute atomic E-state index is 0.0391. The molecule has 0 aliphatic heterocycles. The first-order valence-corrected chi connectivity index (χ1v) is 16.9. The molecule has 0 saturated carbocycles. The average Bonchev–Trinajstić information content (AvgIpc) is 3.14. The number of hydrogen-bond donors (Lipinski definition) is 2. The maximum atomic E-state index is 10.8. The second kappa shape index (κ2) is 14.6. The van der Waals surface area contributed by atoms with Crippen LogP contribution in [0.3, 0.4) is 0 Å². The summed E-state index contributed by atoms with van der Waals surface area (Å²) >= 11 is 0. The molecule has 6 rings (SSSR count). The molecule has 6 aromatic rings. The number of rotatable bonds is 13. The first kappa shape index (κ1) is 32.6. The molecule has 0 unspecified atom stereocenters. The van der Waals surface area contributed by atoms with Crippen LogP contribution >= 0.6 is 0 Å². The van der Waals surface area contributed by atoms with Crippen molar-refractivity contribution in [3.63, 3.8) is 0 Å². The predicted octanol–water partition coefficient (Wildman–Crippen LogP) is 7.37. The van der Waals surface area contributed by atoms with Crippen LogP contribution in [0.25, 0.3) is 0 Å². The molecule has 5 aromatic carbocycles. The van der Waals surface area contributed by atoms with Crippen LogP contribution in [0.4, 0.5) is 0 Å². The highest BCUT2D eigenvalue weighted by molar-refractivity contribution is 7.70. The van der Waals surface area contributed by atoms with Crippen LogP contribution in [0, 0.1) is 0 Å². The zero-order chi connectivity index (χ0) is 33.4. The van der Waals surface area contributed by atoms with E-state index in [-0.39, 0.29) is 18.6 Å². The highest BCUT2D eigenvalue weighted by Crippen LogP contribution is 2.42. The van der Waals surface area contributed by atoms with Crippen LogP contribution < -0.4 is 14.2 Å². The van der Waals surface area contributed by atoms with Gasteiger partial charge in [0, 0.05) is 28.3 Å². The summed E-state index contributed by atoms with van der Waals surface area (Å²) in [4.78, 5) is 8.45. The molecule has 0 aliphatic carbocycles. The number of ether oxygens (including phenoxy) is 2. The van der Waals surface area contributed by atoms with Crippen LogP contribution in [0.2, 0.25) is 0 Å². The molecule has 0 spiro atoms. The SMILES string of the molecule is CC(C)(c1ccc(OCc2ccnc(CN[SH](=O)=O)n2)cc1)c1ccc(OC(c2ccccc2)(c2ccccc2)c2ccccc2)cc1. The summed E-state index contributed by atoms with van der Waals surface area (Å²) in [7, 11) is -2.71. The molecule has 0 saturated heterocycles. The van der Waals surface area contributed by atoms with Gasteiger partial charge in [0.05, 0.1) is 12.2 Å². The van der Waals surface area contributed by atoms with Gasteiger partial charge in [0.15, 0.2) is 5.60 Å². The standard InChI is InChI=1S/C40H37N3O4S/c1-39(2,30-18-22-36(23-19-30)46-29-35-26-27-41-38(43-35)28-42-48(44)45)31-20-24-37(25-21-31)47-40(32-12-6-3-7-13-32,33-14-8-4-9-15-33)34-16-10-5-11-17-34/h3-27,48H,28-29H2,1-2H3,(H,42,44,45). The van der Waals surface area contributed by atoms with Crippen molar-refractivity contribution in [1.82, 2.24) is 14.7 Å². The van der Waals surface area contributed by atoms with E-state index in [1.54, 1.807) is 12.3 Å². The van der Waals surface area contributed by atoms with E-state index in [4.69, 9.17) is 9.47 Å². The highest BCUT2D eigenvalue weighted by atomic mass is 32.2. The van der Waals surface area contributed by atoms with Crippen molar-refractivity contribution in [2.75, 3.05) is 0 Å². The summed E-state index contributed by atoms with van der Waals surface area (Å²) in [6.07, 6.45) is 1.59. The van der Waals surface area contributed by atoms with E-state index < -0.39 is 16.5 Å². The Balaban J connectivity index is 1.21. The Morgan fingerprint density at radius 3 is 1.56 bits per heavy atom. The summed E-state index contributed by atoms with van der Waals surface area (Å²) in [6.45, 7) is 4.68. The van der Waals surface area contributed by atoms with Gasteiger partial charge in [-0.05, 0) is 41.5 Å². The molecule has 48 heavy (non-hydrogen) atoms. The predicted molar refractivity (Wildman–Crippen MR) is 188 cm³/mol. The summed E-state index contributed by atoms with van der Waals surface area (Å²) in [6, 6.07) is 49.3. The van der Waals surface area contributed by atoms with Gasteiger partial charge in [0.1, 0.15) is 23.9 Å². The lowest BCUT2D eigenvalue weighted by Gasteiger charge is -2.36. The van der Waals surface area contributed by atoms with Gasteiger partial charge in [0.25, 0.3) is 0 Å². The molecule has 7 nitrogen and oxygen atoms in total. The minimum Gasteiger partial charge on any atom is -0.487 e.